The first kappa shape index (κ1) is 5.28. The molecule has 0 saturated heterocycles. The number of esters is 1. The first-order valence-electron chi connectivity index (χ1n) is 2.54. The van der Waals surface area contributed by atoms with Crippen LogP contribution in [-0.4, -0.2) is 12.4 Å². The van der Waals surface area contributed by atoms with E-state index in [0.717, 1.165) is 12.8 Å². The molecule has 44 valence electrons. The van der Waals surface area contributed by atoms with Crippen molar-refractivity contribution < 1.29 is 9.53 Å². The minimum Gasteiger partial charge on any atom is -0.415 e. The van der Waals surface area contributed by atoms with Crippen molar-refractivity contribution in [2.45, 2.75) is 12.8 Å². The van der Waals surface area contributed by atoms with Crippen molar-refractivity contribution in [3.8, 4) is 0 Å². The van der Waals surface area contributed by atoms with E-state index >= 15 is 0 Å². The van der Waals surface area contributed by atoms with Crippen LogP contribution in [0.15, 0.2) is 0 Å². The molecular formula is C5H7NO2. The highest BCUT2D eigenvalue weighted by Gasteiger charge is 2.30. The highest BCUT2D eigenvalue weighted by Crippen LogP contribution is 2.29. The molecule has 1 saturated carbocycles. The van der Waals surface area contributed by atoms with Gasteiger partial charge in [0.2, 0.25) is 0 Å². The molecule has 0 atom stereocenters. The summed E-state index contributed by atoms with van der Waals surface area (Å²) in [5.41, 5.74) is 0. The molecule has 1 N–H and O–H groups in total. The van der Waals surface area contributed by atoms with Crippen molar-refractivity contribution in [1.29, 1.82) is 5.41 Å². The Morgan fingerprint density at radius 3 is 2.75 bits per heavy atom. The zero-order valence-corrected chi connectivity index (χ0v) is 4.39. The maximum Gasteiger partial charge on any atom is 0.315 e. The van der Waals surface area contributed by atoms with Crippen LogP contribution in [0.3, 0.4) is 0 Å². The van der Waals surface area contributed by atoms with Crippen molar-refractivity contribution in [2.75, 3.05) is 0 Å². The van der Waals surface area contributed by atoms with Gasteiger partial charge in [-0.1, -0.05) is 0 Å². The summed E-state index contributed by atoms with van der Waals surface area (Å²) in [7, 11) is 0. The molecule has 1 rings (SSSR count). The molecule has 0 aliphatic heterocycles. The zero-order chi connectivity index (χ0) is 5.98. The van der Waals surface area contributed by atoms with E-state index in [2.05, 4.69) is 4.74 Å². The molecule has 0 spiro atoms. The second-order valence-corrected chi connectivity index (χ2v) is 1.83. The van der Waals surface area contributed by atoms with Crippen molar-refractivity contribution in [2.24, 2.45) is 5.92 Å². The van der Waals surface area contributed by atoms with Gasteiger partial charge in [0.25, 0.3) is 0 Å². The summed E-state index contributed by atoms with van der Waals surface area (Å²) in [6, 6.07) is 0. The Morgan fingerprint density at radius 1 is 1.75 bits per heavy atom. The molecule has 3 nitrogen and oxygen atoms in total. The summed E-state index contributed by atoms with van der Waals surface area (Å²) >= 11 is 0. The molecule has 0 amide bonds. The normalized spacial score (nSPS) is 17.5. The van der Waals surface area contributed by atoms with Gasteiger partial charge in [-0.15, -0.1) is 0 Å². The van der Waals surface area contributed by atoms with Gasteiger partial charge < -0.3 is 4.74 Å². The van der Waals surface area contributed by atoms with Crippen LogP contribution in [0.2, 0.25) is 0 Å². The lowest BCUT2D eigenvalue weighted by molar-refractivity contribution is -0.136. The van der Waals surface area contributed by atoms with Gasteiger partial charge in [0.15, 0.2) is 6.40 Å². The molecule has 1 aliphatic carbocycles. The van der Waals surface area contributed by atoms with Gasteiger partial charge in [-0.3, -0.25) is 10.2 Å². The number of nitrogens with one attached hydrogen (secondary N) is 1. The van der Waals surface area contributed by atoms with E-state index in [0.29, 0.717) is 6.40 Å². The minimum atomic E-state index is -0.250. The SMILES string of the molecule is N=COC(=O)C1CC1. The second kappa shape index (κ2) is 1.94. The number of hydrogen-bond acceptors (Lipinski definition) is 3. The molecule has 1 fully saturated rings. The third-order valence-electron chi connectivity index (χ3n) is 1.09. The molecule has 0 radical (unpaired) electrons. The van der Waals surface area contributed by atoms with Crippen molar-refractivity contribution >= 4 is 12.4 Å². The molecule has 0 bridgehead atoms. The average molecular weight is 113 g/mol. The van der Waals surface area contributed by atoms with Crippen LogP contribution in [0.25, 0.3) is 0 Å². The van der Waals surface area contributed by atoms with Crippen LogP contribution in [0, 0.1) is 11.3 Å². The van der Waals surface area contributed by atoms with E-state index in [1.165, 1.54) is 0 Å². The molecule has 0 aromatic heterocycles. The van der Waals surface area contributed by atoms with Gasteiger partial charge in [0.05, 0.1) is 5.92 Å². The summed E-state index contributed by atoms with van der Waals surface area (Å²) in [5, 5.41) is 6.39. The molecule has 0 heterocycles. The van der Waals surface area contributed by atoms with E-state index in [1.807, 2.05) is 0 Å². The first-order valence-corrected chi connectivity index (χ1v) is 2.54. The first-order chi connectivity index (χ1) is 3.84. The zero-order valence-electron chi connectivity index (χ0n) is 4.39. The number of carbonyl (C=O) groups is 1. The number of rotatable bonds is 2. The van der Waals surface area contributed by atoms with Crippen LogP contribution in [0.5, 0.6) is 0 Å². The molecule has 0 unspecified atom stereocenters. The summed E-state index contributed by atoms with van der Waals surface area (Å²) in [4.78, 5) is 10.4. The Bertz CT molecular complexity index is 118. The fourth-order valence-corrected chi connectivity index (χ4v) is 0.473. The lowest BCUT2D eigenvalue weighted by atomic mass is 10.4. The highest BCUT2D eigenvalue weighted by molar-refractivity contribution is 5.81. The van der Waals surface area contributed by atoms with Crippen molar-refractivity contribution in [1.82, 2.24) is 0 Å². The summed E-state index contributed by atoms with van der Waals surface area (Å²) in [5.74, 6) is -0.142. The van der Waals surface area contributed by atoms with Gasteiger partial charge >= 0.3 is 5.97 Å². The average Bonchev–Trinajstić information content (AvgIpc) is 2.45. The Balaban J connectivity index is 2.22. The van der Waals surface area contributed by atoms with Gasteiger partial charge in [-0.05, 0) is 12.8 Å². The van der Waals surface area contributed by atoms with Gasteiger partial charge in [0.1, 0.15) is 0 Å². The van der Waals surface area contributed by atoms with E-state index in [4.69, 9.17) is 5.41 Å². The Kier molecular flexibility index (Phi) is 1.28. The van der Waals surface area contributed by atoms with E-state index < -0.39 is 0 Å². The predicted molar refractivity (Wildman–Crippen MR) is 27.6 cm³/mol. The molecule has 0 aromatic rings. The largest absolute Gasteiger partial charge is 0.415 e. The number of ether oxygens (including phenoxy) is 1. The maximum absolute atomic E-state index is 10.4. The number of hydrogen-bond donors (Lipinski definition) is 1. The summed E-state index contributed by atoms with van der Waals surface area (Å²) in [6.07, 6.45) is 2.56. The Hall–Kier alpha value is -0.860. The highest BCUT2D eigenvalue weighted by atomic mass is 16.5. The standard InChI is InChI=1S/C5H7NO2/c6-3-8-5(7)4-1-2-4/h3-4,6H,1-2H2. The topological polar surface area (TPSA) is 50.1 Å². The van der Waals surface area contributed by atoms with E-state index in [1.54, 1.807) is 0 Å². The van der Waals surface area contributed by atoms with Gasteiger partial charge in [-0.2, -0.15) is 0 Å². The fourth-order valence-electron chi connectivity index (χ4n) is 0.473. The Labute approximate surface area is 47.2 Å². The van der Waals surface area contributed by atoms with Gasteiger partial charge in [-0.25, -0.2) is 0 Å². The van der Waals surface area contributed by atoms with E-state index in [9.17, 15) is 4.79 Å². The van der Waals surface area contributed by atoms with E-state index in [-0.39, 0.29) is 11.9 Å². The second-order valence-electron chi connectivity index (χ2n) is 1.83. The van der Waals surface area contributed by atoms with Crippen LogP contribution >= 0.6 is 0 Å². The van der Waals surface area contributed by atoms with Crippen LogP contribution < -0.4 is 0 Å². The molecule has 8 heavy (non-hydrogen) atoms. The molecular weight excluding hydrogens is 106 g/mol. The van der Waals surface area contributed by atoms with Crippen LogP contribution in [-0.2, 0) is 9.53 Å². The van der Waals surface area contributed by atoms with Gasteiger partial charge in [0, 0.05) is 0 Å². The Morgan fingerprint density at radius 2 is 2.38 bits per heavy atom. The monoisotopic (exact) mass is 113 g/mol. The van der Waals surface area contributed by atoms with Crippen molar-refractivity contribution in [3.05, 3.63) is 0 Å². The molecule has 3 heteroatoms. The number of carbonyl (C=O) groups excluding carboxylic acids is 1. The van der Waals surface area contributed by atoms with Crippen LogP contribution in [0.1, 0.15) is 12.8 Å². The third-order valence-corrected chi connectivity index (χ3v) is 1.09. The summed E-state index contributed by atoms with van der Waals surface area (Å²) < 4.78 is 4.27. The minimum absolute atomic E-state index is 0.108. The lowest BCUT2D eigenvalue weighted by Crippen LogP contribution is -2.03. The fraction of sp³-hybridized carbons (Fsp3) is 0.600. The third kappa shape index (κ3) is 1.05. The van der Waals surface area contributed by atoms with Crippen LogP contribution in [0.4, 0.5) is 0 Å². The predicted octanol–water partition coefficient (Wildman–Crippen LogP) is 0.547. The smallest absolute Gasteiger partial charge is 0.315 e. The lowest BCUT2D eigenvalue weighted by Gasteiger charge is -1.89. The van der Waals surface area contributed by atoms with Crippen molar-refractivity contribution in [3.63, 3.8) is 0 Å². The maximum atomic E-state index is 10.4. The summed E-state index contributed by atoms with van der Waals surface area (Å²) in [6.45, 7) is 0. The molecule has 1 aliphatic rings. The molecule has 0 aromatic carbocycles. The quantitative estimate of drug-likeness (QED) is 0.323.